The predicted octanol–water partition coefficient (Wildman–Crippen LogP) is 4.06. The molecule has 1 fully saturated rings. The molecule has 1 heterocycles. The largest absolute Gasteiger partial charge is 0.350 e. The van der Waals surface area contributed by atoms with Gasteiger partial charge in [-0.2, -0.15) is 0 Å². The molecule has 1 N–H and O–H groups in total. The van der Waals surface area contributed by atoms with Gasteiger partial charge in [0.15, 0.2) is 0 Å². The summed E-state index contributed by atoms with van der Waals surface area (Å²) in [7, 11) is -3.73. The Morgan fingerprint density at radius 2 is 1.77 bits per heavy atom. The Morgan fingerprint density at radius 1 is 1.10 bits per heavy atom. The van der Waals surface area contributed by atoms with Gasteiger partial charge < -0.3 is 5.32 Å². The molecule has 1 saturated heterocycles. The minimum Gasteiger partial charge on any atom is -0.350 e. The van der Waals surface area contributed by atoms with E-state index in [-0.39, 0.29) is 10.7 Å². The standard InChI is InChI=1S/C22H27Cl2N3O3S/c1-16(27(31(2,29)30)19-8-9-20(23)21(24)13-19)22(28)25-14-17-6-5-7-18(12-17)15-26-10-3-4-11-26/h5-9,12-13,16H,3-4,10-11,14-15H2,1-2H3,(H,25,28)/t16-/m1/s1. The van der Waals surface area contributed by atoms with Gasteiger partial charge in [0.1, 0.15) is 6.04 Å². The van der Waals surface area contributed by atoms with E-state index in [0.717, 1.165) is 35.8 Å². The molecule has 0 saturated carbocycles. The summed E-state index contributed by atoms with van der Waals surface area (Å²) in [5, 5.41) is 3.38. The molecular formula is C22H27Cl2N3O3S. The Morgan fingerprint density at radius 3 is 2.42 bits per heavy atom. The molecular weight excluding hydrogens is 457 g/mol. The van der Waals surface area contributed by atoms with Gasteiger partial charge >= 0.3 is 0 Å². The van der Waals surface area contributed by atoms with Crippen molar-refractivity contribution in [2.75, 3.05) is 23.7 Å². The first-order chi connectivity index (χ1) is 14.6. The Bertz CT molecular complexity index is 1040. The predicted molar refractivity (Wildman–Crippen MR) is 126 cm³/mol. The number of nitrogens with one attached hydrogen (secondary N) is 1. The van der Waals surface area contributed by atoms with E-state index >= 15 is 0 Å². The summed E-state index contributed by atoms with van der Waals surface area (Å²) in [5.74, 6) is -0.401. The molecule has 0 aliphatic carbocycles. The molecule has 0 radical (unpaired) electrons. The molecule has 2 aromatic rings. The van der Waals surface area contributed by atoms with Gasteiger partial charge in [-0.15, -0.1) is 0 Å². The third kappa shape index (κ3) is 6.35. The van der Waals surface area contributed by atoms with Crippen LogP contribution in [0.15, 0.2) is 42.5 Å². The number of hydrogen-bond acceptors (Lipinski definition) is 4. The highest BCUT2D eigenvalue weighted by atomic mass is 35.5. The topological polar surface area (TPSA) is 69.7 Å². The van der Waals surface area contributed by atoms with Crippen LogP contribution in [-0.4, -0.2) is 44.6 Å². The van der Waals surface area contributed by atoms with Crippen molar-refractivity contribution in [3.8, 4) is 0 Å². The van der Waals surface area contributed by atoms with E-state index in [1.165, 1.54) is 36.6 Å². The first kappa shape index (κ1) is 23.9. The van der Waals surface area contributed by atoms with Crippen molar-refractivity contribution >= 4 is 44.8 Å². The lowest BCUT2D eigenvalue weighted by atomic mass is 10.1. The highest BCUT2D eigenvalue weighted by molar-refractivity contribution is 7.92. The molecule has 0 unspecified atom stereocenters. The first-order valence-corrected chi connectivity index (χ1v) is 12.8. The van der Waals surface area contributed by atoms with Gasteiger partial charge in [0, 0.05) is 13.1 Å². The number of anilines is 1. The van der Waals surface area contributed by atoms with Crippen LogP contribution >= 0.6 is 23.2 Å². The quantitative estimate of drug-likeness (QED) is 0.614. The second-order valence-electron chi connectivity index (χ2n) is 7.85. The minimum absolute atomic E-state index is 0.218. The van der Waals surface area contributed by atoms with Crippen LogP contribution in [0.1, 0.15) is 30.9 Å². The molecule has 0 bridgehead atoms. The average Bonchev–Trinajstić information content (AvgIpc) is 3.21. The van der Waals surface area contributed by atoms with E-state index in [9.17, 15) is 13.2 Å². The van der Waals surface area contributed by atoms with Gasteiger partial charge in [0.25, 0.3) is 0 Å². The van der Waals surface area contributed by atoms with Crippen LogP contribution in [-0.2, 0) is 27.9 Å². The number of likely N-dealkylation sites (tertiary alicyclic amines) is 1. The zero-order chi connectivity index (χ0) is 22.6. The Labute approximate surface area is 194 Å². The summed E-state index contributed by atoms with van der Waals surface area (Å²) in [6.07, 6.45) is 3.54. The van der Waals surface area contributed by atoms with Crippen LogP contribution in [0, 0.1) is 0 Å². The average molecular weight is 484 g/mol. The van der Waals surface area contributed by atoms with E-state index in [0.29, 0.717) is 11.6 Å². The molecule has 9 heteroatoms. The van der Waals surface area contributed by atoms with Gasteiger partial charge in [-0.05, 0) is 62.2 Å². The third-order valence-corrected chi connectivity index (χ3v) is 7.29. The number of benzene rings is 2. The monoisotopic (exact) mass is 483 g/mol. The van der Waals surface area contributed by atoms with E-state index in [2.05, 4.69) is 22.3 Å². The van der Waals surface area contributed by atoms with Crippen LogP contribution in [0.3, 0.4) is 0 Å². The smallest absolute Gasteiger partial charge is 0.243 e. The van der Waals surface area contributed by atoms with Crippen LogP contribution in [0.4, 0.5) is 5.69 Å². The van der Waals surface area contributed by atoms with Crippen molar-refractivity contribution in [1.82, 2.24) is 10.2 Å². The summed E-state index contributed by atoms with van der Waals surface area (Å²) in [4.78, 5) is 15.2. The minimum atomic E-state index is -3.73. The maximum atomic E-state index is 12.8. The highest BCUT2D eigenvalue weighted by Crippen LogP contribution is 2.29. The van der Waals surface area contributed by atoms with Crippen molar-refractivity contribution in [1.29, 1.82) is 0 Å². The number of rotatable bonds is 8. The van der Waals surface area contributed by atoms with Crippen LogP contribution in [0.5, 0.6) is 0 Å². The molecule has 1 atom stereocenters. The summed E-state index contributed by atoms with van der Waals surface area (Å²) in [6.45, 7) is 5.00. The van der Waals surface area contributed by atoms with Crippen LogP contribution in [0.2, 0.25) is 10.0 Å². The zero-order valence-corrected chi connectivity index (χ0v) is 20.0. The molecule has 1 aliphatic rings. The Kier molecular flexibility index (Phi) is 7.86. The van der Waals surface area contributed by atoms with Crippen molar-refractivity contribution in [2.24, 2.45) is 0 Å². The molecule has 1 aliphatic heterocycles. The number of halogens is 2. The van der Waals surface area contributed by atoms with Gasteiger partial charge in [0.05, 0.1) is 22.0 Å². The van der Waals surface area contributed by atoms with Gasteiger partial charge in [0.2, 0.25) is 15.9 Å². The SMILES string of the molecule is C[C@H](C(=O)NCc1cccc(CN2CCCC2)c1)N(c1ccc(Cl)c(Cl)c1)S(C)(=O)=O. The fourth-order valence-electron chi connectivity index (χ4n) is 3.80. The number of hydrogen-bond donors (Lipinski definition) is 1. The van der Waals surface area contributed by atoms with E-state index in [1.54, 1.807) is 6.92 Å². The lowest BCUT2D eigenvalue weighted by Crippen LogP contribution is -2.47. The Balaban J connectivity index is 1.68. The molecule has 31 heavy (non-hydrogen) atoms. The molecule has 1 amide bonds. The molecule has 0 aromatic heterocycles. The van der Waals surface area contributed by atoms with Gasteiger partial charge in [-0.3, -0.25) is 14.0 Å². The van der Waals surface area contributed by atoms with Crippen molar-refractivity contribution in [3.05, 3.63) is 63.6 Å². The van der Waals surface area contributed by atoms with Crippen molar-refractivity contribution in [2.45, 2.75) is 38.9 Å². The normalized spacial score (nSPS) is 15.6. The van der Waals surface area contributed by atoms with E-state index in [4.69, 9.17) is 23.2 Å². The van der Waals surface area contributed by atoms with Crippen molar-refractivity contribution in [3.63, 3.8) is 0 Å². The third-order valence-electron chi connectivity index (χ3n) is 5.31. The van der Waals surface area contributed by atoms with Crippen LogP contribution in [0.25, 0.3) is 0 Å². The highest BCUT2D eigenvalue weighted by Gasteiger charge is 2.29. The number of nitrogens with zero attached hydrogens (tertiary/aromatic N) is 2. The molecule has 3 rings (SSSR count). The van der Waals surface area contributed by atoms with Crippen molar-refractivity contribution < 1.29 is 13.2 Å². The number of carbonyl (C=O) groups excluding carboxylic acids is 1. The first-order valence-electron chi connectivity index (χ1n) is 10.2. The maximum Gasteiger partial charge on any atom is 0.243 e. The summed E-state index contributed by atoms with van der Waals surface area (Å²) < 4.78 is 25.9. The number of amides is 1. The fourth-order valence-corrected chi connectivity index (χ4v) is 5.26. The maximum absolute atomic E-state index is 12.8. The molecule has 2 aromatic carbocycles. The van der Waals surface area contributed by atoms with Gasteiger partial charge in [-0.25, -0.2) is 8.42 Å². The molecule has 168 valence electrons. The van der Waals surface area contributed by atoms with E-state index in [1.807, 2.05) is 12.1 Å². The van der Waals surface area contributed by atoms with Crippen LogP contribution < -0.4 is 9.62 Å². The summed E-state index contributed by atoms with van der Waals surface area (Å²) >= 11 is 12.0. The second kappa shape index (κ2) is 10.2. The number of carbonyl (C=O) groups is 1. The molecule has 6 nitrogen and oxygen atoms in total. The number of sulfonamides is 1. The summed E-state index contributed by atoms with van der Waals surface area (Å²) in [5.41, 5.74) is 2.46. The Hall–Kier alpha value is -1.80. The molecule has 0 spiro atoms. The fraction of sp³-hybridized carbons (Fsp3) is 0.409. The lowest BCUT2D eigenvalue weighted by molar-refractivity contribution is -0.122. The van der Waals surface area contributed by atoms with E-state index < -0.39 is 22.0 Å². The summed E-state index contributed by atoms with van der Waals surface area (Å²) in [6, 6.07) is 11.6. The lowest BCUT2D eigenvalue weighted by Gasteiger charge is -2.28. The van der Waals surface area contributed by atoms with Gasteiger partial charge in [-0.1, -0.05) is 47.5 Å². The second-order valence-corrected chi connectivity index (χ2v) is 10.5. The zero-order valence-electron chi connectivity index (χ0n) is 17.6.